The highest BCUT2D eigenvalue weighted by Gasteiger charge is 2.29. The number of hydrogen-bond acceptors (Lipinski definition) is 5. The topological polar surface area (TPSA) is 73.2 Å². The summed E-state index contributed by atoms with van der Waals surface area (Å²) >= 11 is 1.20. The second kappa shape index (κ2) is 7.62. The van der Waals surface area contributed by atoms with Crippen molar-refractivity contribution >= 4 is 22.4 Å². The van der Waals surface area contributed by atoms with E-state index in [4.69, 9.17) is 4.84 Å². The minimum absolute atomic E-state index is 0.143. The van der Waals surface area contributed by atoms with Gasteiger partial charge in [-0.2, -0.15) is 17.9 Å². The molecule has 0 fully saturated rings. The molecule has 3 aromatic rings. The SMILES string of the molecule is O=C(Nc1nccs1)c1cccn(OCc2ccc(C(F)(F)F)cc2)c1=O. The zero-order valence-corrected chi connectivity index (χ0v) is 14.4. The average molecular weight is 395 g/mol. The first-order valence-electron chi connectivity index (χ1n) is 7.56. The molecule has 1 amide bonds. The summed E-state index contributed by atoms with van der Waals surface area (Å²) in [6.45, 7) is -0.143. The number of nitrogens with zero attached hydrogens (tertiary/aromatic N) is 2. The Bertz CT molecular complexity index is 983. The van der Waals surface area contributed by atoms with Crippen LogP contribution in [0.2, 0.25) is 0 Å². The van der Waals surface area contributed by atoms with Crippen molar-refractivity contribution in [1.82, 2.24) is 9.71 Å². The fraction of sp³-hybridized carbons (Fsp3) is 0.118. The van der Waals surface area contributed by atoms with Crippen LogP contribution in [-0.4, -0.2) is 15.6 Å². The van der Waals surface area contributed by atoms with E-state index in [-0.39, 0.29) is 12.2 Å². The molecule has 3 rings (SSSR count). The van der Waals surface area contributed by atoms with Crippen molar-refractivity contribution in [3.05, 3.63) is 81.2 Å². The Morgan fingerprint density at radius 1 is 1.22 bits per heavy atom. The molecule has 2 aromatic heterocycles. The number of thiazole rings is 1. The van der Waals surface area contributed by atoms with Crippen molar-refractivity contribution in [2.24, 2.45) is 0 Å². The molecule has 140 valence electrons. The van der Waals surface area contributed by atoms with E-state index in [9.17, 15) is 22.8 Å². The Morgan fingerprint density at radius 3 is 2.59 bits per heavy atom. The highest BCUT2D eigenvalue weighted by atomic mass is 32.1. The lowest BCUT2D eigenvalue weighted by atomic mass is 10.1. The summed E-state index contributed by atoms with van der Waals surface area (Å²) in [5.74, 6) is -0.637. The molecule has 27 heavy (non-hydrogen) atoms. The highest BCUT2D eigenvalue weighted by molar-refractivity contribution is 7.13. The van der Waals surface area contributed by atoms with Gasteiger partial charge in [0.15, 0.2) is 5.13 Å². The number of carbonyl (C=O) groups excluding carboxylic acids is 1. The standard InChI is InChI=1S/C17H12F3N3O3S/c18-17(19,20)12-5-3-11(4-6-12)10-26-23-8-1-2-13(15(23)25)14(24)22-16-21-7-9-27-16/h1-9H,10H2,(H,21,22,24). The molecule has 6 nitrogen and oxygen atoms in total. The number of alkyl halides is 3. The molecule has 0 saturated heterocycles. The zero-order chi connectivity index (χ0) is 19.4. The molecule has 0 bridgehead atoms. The van der Waals surface area contributed by atoms with Gasteiger partial charge in [0.2, 0.25) is 0 Å². The lowest BCUT2D eigenvalue weighted by Crippen LogP contribution is -2.32. The van der Waals surface area contributed by atoms with E-state index in [1.54, 1.807) is 5.38 Å². The third kappa shape index (κ3) is 4.53. The van der Waals surface area contributed by atoms with Crippen molar-refractivity contribution in [3.8, 4) is 0 Å². The van der Waals surface area contributed by atoms with Gasteiger partial charge in [0.05, 0.1) is 5.56 Å². The number of rotatable bonds is 5. The summed E-state index contributed by atoms with van der Waals surface area (Å²) in [5.41, 5.74) is -1.18. The molecule has 1 aromatic carbocycles. The third-order valence-electron chi connectivity index (χ3n) is 3.46. The number of nitrogens with one attached hydrogen (secondary N) is 1. The summed E-state index contributed by atoms with van der Waals surface area (Å²) < 4.78 is 38.5. The van der Waals surface area contributed by atoms with Gasteiger partial charge < -0.3 is 4.84 Å². The van der Waals surface area contributed by atoms with Crippen LogP contribution in [0.25, 0.3) is 0 Å². The maximum absolute atomic E-state index is 12.6. The van der Waals surface area contributed by atoms with Gasteiger partial charge in [-0.15, -0.1) is 11.3 Å². The number of amides is 1. The van der Waals surface area contributed by atoms with Crippen LogP contribution in [0.15, 0.2) is 59.0 Å². The molecule has 0 radical (unpaired) electrons. The van der Waals surface area contributed by atoms with Crippen LogP contribution < -0.4 is 15.7 Å². The fourth-order valence-corrected chi connectivity index (χ4v) is 2.66. The first-order chi connectivity index (χ1) is 12.8. The van der Waals surface area contributed by atoms with E-state index >= 15 is 0 Å². The predicted molar refractivity (Wildman–Crippen MR) is 92.5 cm³/mol. The van der Waals surface area contributed by atoms with Crippen LogP contribution in [0.3, 0.4) is 0 Å². The lowest BCUT2D eigenvalue weighted by molar-refractivity contribution is -0.137. The van der Waals surface area contributed by atoms with E-state index in [0.29, 0.717) is 10.7 Å². The lowest BCUT2D eigenvalue weighted by Gasteiger charge is -2.11. The molecule has 0 aliphatic carbocycles. The number of carbonyl (C=O) groups is 1. The Morgan fingerprint density at radius 2 is 1.96 bits per heavy atom. The van der Waals surface area contributed by atoms with Gasteiger partial charge in [0.1, 0.15) is 12.2 Å². The first-order valence-corrected chi connectivity index (χ1v) is 8.44. The normalized spacial score (nSPS) is 11.2. The highest BCUT2D eigenvalue weighted by Crippen LogP contribution is 2.29. The molecule has 0 aliphatic heterocycles. The largest absolute Gasteiger partial charge is 0.416 e. The smallest absolute Gasteiger partial charge is 0.406 e. The number of benzene rings is 1. The van der Waals surface area contributed by atoms with E-state index in [2.05, 4.69) is 10.3 Å². The van der Waals surface area contributed by atoms with E-state index in [1.165, 1.54) is 48.0 Å². The summed E-state index contributed by atoms with van der Waals surface area (Å²) in [5, 5.41) is 4.51. The number of aromatic nitrogens is 2. The number of hydrogen-bond donors (Lipinski definition) is 1. The van der Waals surface area contributed by atoms with Crippen LogP contribution >= 0.6 is 11.3 Å². The van der Waals surface area contributed by atoms with Gasteiger partial charge in [-0.3, -0.25) is 14.9 Å². The zero-order valence-electron chi connectivity index (χ0n) is 13.6. The van der Waals surface area contributed by atoms with Crippen LogP contribution in [0.1, 0.15) is 21.5 Å². The van der Waals surface area contributed by atoms with E-state index in [0.717, 1.165) is 16.9 Å². The van der Waals surface area contributed by atoms with Crippen LogP contribution in [0.5, 0.6) is 0 Å². The summed E-state index contributed by atoms with van der Waals surface area (Å²) in [6.07, 6.45) is -1.60. The molecule has 0 unspecified atom stereocenters. The van der Waals surface area contributed by atoms with Crippen molar-refractivity contribution in [2.45, 2.75) is 12.8 Å². The number of pyridine rings is 1. The Kier molecular flexibility index (Phi) is 5.26. The van der Waals surface area contributed by atoms with Crippen molar-refractivity contribution in [1.29, 1.82) is 0 Å². The third-order valence-corrected chi connectivity index (χ3v) is 4.15. The average Bonchev–Trinajstić information content (AvgIpc) is 3.13. The molecule has 2 heterocycles. The van der Waals surface area contributed by atoms with E-state index < -0.39 is 23.2 Å². The Labute approximate surface area is 154 Å². The Balaban J connectivity index is 1.71. The second-order valence-corrected chi connectivity index (χ2v) is 6.21. The van der Waals surface area contributed by atoms with Crippen LogP contribution in [-0.2, 0) is 12.8 Å². The predicted octanol–water partition coefficient (Wildman–Crippen LogP) is 3.20. The summed E-state index contributed by atoms with van der Waals surface area (Å²) in [4.78, 5) is 33.7. The molecule has 0 atom stereocenters. The Hall–Kier alpha value is -3.14. The molecule has 0 aliphatic rings. The van der Waals surface area contributed by atoms with Gasteiger partial charge in [-0.1, -0.05) is 12.1 Å². The van der Waals surface area contributed by atoms with Gasteiger partial charge in [-0.25, -0.2) is 4.98 Å². The summed E-state index contributed by atoms with van der Waals surface area (Å²) in [7, 11) is 0. The van der Waals surface area contributed by atoms with Crippen molar-refractivity contribution < 1.29 is 22.8 Å². The van der Waals surface area contributed by atoms with Crippen molar-refractivity contribution in [3.63, 3.8) is 0 Å². The maximum atomic E-state index is 12.6. The van der Waals surface area contributed by atoms with Crippen LogP contribution in [0, 0.1) is 0 Å². The van der Waals surface area contributed by atoms with Crippen LogP contribution in [0.4, 0.5) is 18.3 Å². The second-order valence-electron chi connectivity index (χ2n) is 5.31. The number of halogens is 3. The van der Waals surface area contributed by atoms with Gasteiger partial charge in [0.25, 0.3) is 11.5 Å². The van der Waals surface area contributed by atoms with Crippen molar-refractivity contribution in [2.75, 3.05) is 5.32 Å². The van der Waals surface area contributed by atoms with E-state index in [1.807, 2.05) is 0 Å². The van der Waals surface area contributed by atoms with Gasteiger partial charge in [-0.05, 0) is 29.8 Å². The maximum Gasteiger partial charge on any atom is 0.416 e. The monoisotopic (exact) mass is 395 g/mol. The molecular formula is C17H12F3N3O3S. The minimum Gasteiger partial charge on any atom is -0.406 e. The summed E-state index contributed by atoms with van der Waals surface area (Å²) in [6, 6.07) is 7.16. The van der Waals surface area contributed by atoms with Gasteiger partial charge in [0, 0.05) is 17.8 Å². The molecule has 0 spiro atoms. The molecule has 10 heteroatoms. The molecule has 1 N–H and O–H groups in total. The minimum atomic E-state index is -4.42. The molecule has 0 saturated carbocycles. The van der Waals surface area contributed by atoms with Gasteiger partial charge >= 0.3 is 6.18 Å². The first kappa shape index (κ1) is 18.6. The fourth-order valence-electron chi connectivity index (χ4n) is 2.13. The molecular weight excluding hydrogens is 383 g/mol. The quantitative estimate of drug-likeness (QED) is 0.720. The number of anilines is 1.